The molecule has 0 amide bonds. The van der Waals surface area contributed by atoms with E-state index in [2.05, 4.69) is 9.97 Å². The summed E-state index contributed by atoms with van der Waals surface area (Å²) in [5, 5.41) is 0.369. The van der Waals surface area contributed by atoms with Crippen LogP contribution in [0.4, 0.5) is 14.5 Å². The number of nitrogens with zero attached hydrogens (tertiary/aromatic N) is 2. The quantitative estimate of drug-likeness (QED) is 0.267. The summed E-state index contributed by atoms with van der Waals surface area (Å²) in [6.45, 7) is 0. The fourth-order valence-electron chi connectivity index (χ4n) is 4.97. The molecule has 3 heterocycles. The van der Waals surface area contributed by atoms with Gasteiger partial charge in [-0.15, -0.1) is 0 Å². The molecule has 7 nitrogen and oxygen atoms in total. The van der Waals surface area contributed by atoms with Gasteiger partial charge in [0.25, 0.3) is 5.56 Å². The van der Waals surface area contributed by atoms with Crippen molar-refractivity contribution in [3.05, 3.63) is 82.7 Å². The Morgan fingerprint density at radius 2 is 1.86 bits per heavy atom. The molecule has 37 heavy (non-hydrogen) atoms. The van der Waals surface area contributed by atoms with Gasteiger partial charge in [-0.05, 0) is 49.2 Å². The number of nitrogens with one attached hydrogen (secondary N) is 1. The minimum atomic E-state index is -0.842. The van der Waals surface area contributed by atoms with Crippen molar-refractivity contribution in [1.82, 2.24) is 14.5 Å². The number of benzene rings is 2. The third-order valence-electron chi connectivity index (χ3n) is 6.86. The molecule has 0 aliphatic heterocycles. The normalized spacial score (nSPS) is 14.0. The van der Waals surface area contributed by atoms with Gasteiger partial charge >= 0.3 is 0 Å². The van der Waals surface area contributed by atoms with Crippen molar-refractivity contribution >= 4 is 16.7 Å². The van der Waals surface area contributed by atoms with Gasteiger partial charge in [-0.2, -0.15) is 0 Å². The SMILES string of the molecule is Cn1cc(-c2cc(N)ccc2Oc2ccc(F)cc2F)c2oc(-c3cnc(C4CCCC4)[nH]3)cc2c1=O. The first-order valence-electron chi connectivity index (χ1n) is 12.1. The summed E-state index contributed by atoms with van der Waals surface area (Å²) in [6, 6.07) is 9.64. The molecule has 2 aromatic carbocycles. The van der Waals surface area contributed by atoms with E-state index in [4.69, 9.17) is 14.9 Å². The minimum Gasteiger partial charge on any atom is -0.454 e. The maximum Gasteiger partial charge on any atom is 0.261 e. The molecule has 0 radical (unpaired) electrons. The van der Waals surface area contributed by atoms with E-state index < -0.39 is 11.6 Å². The van der Waals surface area contributed by atoms with Gasteiger partial charge < -0.3 is 24.4 Å². The van der Waals surface area contributed by atoms with Gasteiger partial charge in [0.1, 0.15) is 28.7 Å². The Kier molecular flexibility index (Phi) is 5.55. The highest BCUT2D eigenvalue weighted by Crippen LogP contribution is 2.40. The average Bonchev–Trinajstić information content (AvgIpc) is 3.64. The number of aryl methyl sites for hydroxylation is 1. The van der Waals surface area contributed by atoms with E-state index in [0.717, 1.165) is 30.8 Å². The molecule has 3 N–H and O–H groups in total. The molecule has 0 bridgehead atoms. The molecule has 1 fully saturated rings. The van der Waals surface area contributed by atoms with Crippen LogP contribution in [-0.4, -0.2) is 14.5 Å². The zero-order valence-corrected chi connectivity index (χ0v) is 20.1. The molecule has 5 aromatic rings. The Morgan fingerprint density at radius 3 is 2.65 bits per heavy atom. The van der Waals surface area contributed by atoms with Crippen LogP contribution in [0.3, 0.4) is 0 Å². The predicted octanol–water partition coefficient (Wildman–Crippen LogP) is 6.50. The van der Waals surface area contributed by atoms with Gasteiger partial charge in [0.15, 0.2) is 17.3 Å². The summed E-state index contributed by atoms with van der Waals surface area (Å²) in [4.78, 5) is 20.9. The number of imidazole rings is 1. The molecule has 188 valence electrons. The summed E-state index contributed by atoms with van der Waals surface area (Å²) in [7, 11) is 1.64. The second-order valence-corrected chi connectivity index (χ2v) is 9.41. The van der Waals surface area contributed by atoms with Crippen LogP contribution in [0.2, 0.25) is 0 Å². The lowest BCUT2D eigenvalue weighted by atomic mass is 10.0. The molecule has 0 saturated heterocycles. The van der Waals surface area contributed by atoms with E-state index in [1.54, 1.807) is 43.7 Å². The zero-order chi connectivity index (χ0) is 25.7. The van der Waals surface area contributed by atoms with Gasteiger partial charge in [-0.1, -0.05) is 12.8 Å². The highest BCUT2D eigenvalue weighted by atomic mass is 19.1. The van der Waals surface area contributed by atoms with Crippen molar-refractivity contribution in [2.24, 2.45) is 7.05 Å². The predicted molar refractivity (Wildman–Crippen MR) is 137 cm³/mol. The van der Waals surface area contributed by atoms with E-state index in [9.17, 15) is 13.6 Å². The standard InChI is InChI=1S/C28H24F2N4O3/c1-34-14-20(18-11-17(31)7-9-23(18)36-24-8-6-16(29)10-21(24)30)26-19(28(34)35)12-25(37-26)22-13-32-27(33-22)15-4-2-3-5-15/h6-15H,2-5,31H2,1H3,(H,32,33). The Morgan fingerprint density at radius 1 is 1.08 bits per heavy atom. The fourth-order valence-corrected chi connectivity index (χ4v) is 4.97. The van der Waals surface area contributed by atoms with Crippen molar-refractivity contribution in [3.63, 3.8) is 0 Å². The Balaban J connectivity index is 1.48. The summed E-state index contributed by atoms with van der Waals surface area (Å²) in [5.41, 5.74) is 8.33. The van der Waals surface area contributed by atoms with E-state index in [1.807, 2.05) is 0 Å². The van der Waals surface area contributed by atoms with Crippen molar-refractivity contribution < 1.29 is 17.9 Å². The molecule has 1 saturated carbocycles. The molecule has 1 aliphatic carbocycles. The molecular weight excluding hydrogens is 478 g/mol. The highest BCUT2D eigenvalue weighted by Gasteiger charge is 2.23. The molecule has 6 rings (SSSR count). The van der Waals surface area contributed by atoms with E-state index >= 15 is 0 Å². The molecule has 9 heteroatoms. The number of pyridine rings is 1. The lowest BCUT2D eigenvalue weighted by Gasteiger charge is -2.14. The van der Waals surface area contributed by atoms with Crippen molar-refractivity contribution in [2.45, 2.75) is 31.6 Å². The number of aromatic amines is 1. The first kappa shape index (κ1) is 23.0. The van der Waals surface area contributed by atoms with Gasteiger partial charge in [0, 0.05) is 42.0 Å². The monoisotopic (exact) mass is 502 g/mol. The van der Waals surface area contributed by atoms with Crippen LogP contribution in [-0.2, 0) is 7.05 Å². The number of ether oxygens (including phenoxy) is 1. The van der Waals surface area contributed by atoms with Gasteiger partial charge in [0.05, 0.1) is 11.6 Å². The molecule has 0 unspecified atom stereocenters. The fraction of sp³-hybridized carbons (Fsp3) is 0.214. The highest BCUT2D eigenvalue weighted by molar-refractivity contribution is 5.95. The van der Waals surface area contributed by atoms with Gasteiger partial charge in [0.2, 0.25) is 0 Å². The number of H-pyrrole nitrogens is 1. The number of nitrogens with two attached hydrogens (primary N) is 1. The first-order valence-corrected chi connectivity index (χ1v) is 12.1. The van der Waals surface area contributed by atoms with Crippen LogP contribution in [0, 0.1) is 11.6 Å². The molecule has 0 spiro atoms. The third-order valence-corrected chi connectivity index (χ3v) is 6.86. The summed E-state index contributed by atoms with van der Waals surface area (Å²) >= 11 is 0. The minimum absolute atomic E-state index is 0.148. The van der Waals surface area contributed by atoms with Crippen molar-refractivity contribution in [3.8, 4) is 34.1 Å². The largest absolute Gasteiger partial charge is 0.454 e. The molecule has 3 aromatic heterocycles. The first-order chi connectivity index (χ1) is 17.9. The molecule has 0 atom stereocenters. The third kappa shape index (κ3) is 4.16. The number of hydrogen-bond acceptors (Lipinski definition) is 5. The summed E-state index contributed by atoms with van der Waals surface area (Å²) in [5.74, 6) is 0.376. The smallest absolute Gasteiger partial charge is 0.261 e. The average molecular weight is 503 g/mol. The van der Waals surface area contributed by atoms with Gasteiger partial charge in [-0.3, -0.25) is 4.79 Å². The van der Waals surface area contributed by atoms with Crippen LogP contribution < -0.4 is 16.0 Å². The number of hydrogen-bond donors (Lipinski definition) is 2. The summed E-state index contributed by atoms with van der Waals surface area (Å²) < 4.78 is 41.3. The number of nitrogen functional groups attached to an aromatic ring is 1. The maximum absolute atomic E-state index is 14.4. The Bertz CT molecular complexity index is 1700. The van der Waals surface area contributed by atoms with Crippen molar-refractivity contribution in [1.29, 1.82) is 0 Å². The number of fused-ring (bicyclic) bond motifs is 1. The van der Waals surface area contributed by atoms with E-state index in [1.165, 1.54) is 23.5 Å². The Hall–Kier alpha value is -4.40. The molecule has 1 aliphatic rings. The maximum atomic E-state index is 14.4. The zero-order valence-electron chi connectivity index (χ0n) is 20.1. The second kappa shape index (κ2) is 8.92. The van der Waals surface area contributed by atoms with Crippen LogP contribution in [0.1, 0.15) is 37.4 Å². The van der Waals surface area contributed by atoms with Crippen LogP contribution in [0.25, 0.3) is 33.6 Å². The topological polar surface area (TPSA) is 99.1 Å². The van der Waals surface area contributed by atoms with Gasteiger partial charge in [-0.25, -0.2) is 13.8 Å². The van der Waals surface area contributed by atoms with E-state index in [0.29, 0.717) is 45.2 Å². The Labute approximate surface area is 210 Å². The van der Waals surface area contributed by atoms with E-state index in [-0.39, 0.29) is 17.1 Å². The summed E-state index contributed by atoms with van der Waals surface area (Å²) in [6.07, 6.45) is 7.93. The number of anilines is 1. The number of aromatic nitrogens is 3. The van der Waals surface area contributed by atoms with Crippen LogP contribution in [0.5, 0.6) is 11.5 Å². The van der Waals surface area contributed by atoms with Crippen LogP contribution >= 0.6 is 0 Å². The van der Waals surface area contributed by atoms with Crippen molar-refractivity contribution in [2.75, 3.05) is 5.73 Å². The number of halogens is 2. The number of furan rings is 1. The lowest BCUT2D eigenvalue weighted by Crippen LogP contribution is -2.15. The number of rotatable bonds is 5. The van der Waals surface area contributed by atoms with Crippen LogP contribution in [0.15, 0.2) is 64.1 Å². The second-order valence-electron chi connectivity index (χ2n) is 9.41. The molecular formula is C28H24F2N4O3. The lowest BCUT2D eigenvalue weighted by molar-refractivity contribution is 0.439.